The zero-order valence-corrected chi connectivity index (χ0v) is 19.2. The molecule has 1 fully saturated rings. The molecule has 0 saturated carbocycles. The van der Waals surface area contributed by atoms with E-state index < -0.39 is 11.6 Å². The number of amides is 1. The van der Waals surface area contributed by atoms with E-state index in [1.807, 2.05) is 23.1 Å². The number of nitrogens with zero attached hydrogens (tertiary/aromatic N) is 6. The van der Waals surface area contributed by atoms with E-state index in [2.05, 4.69) is 37.3 Å². The number of hydrogen-bond donors (Lipinski definition) is 0. The van der Waals surface area contributed by atoms with Gasteiger partial charge in [0.2, 0.25) is 11.1 Å². The zero-order chi connectivity index (χ0) is 24.1. The maximum Gasteiger partial charge on any atom is 0.573 e. The van der Waals surface area contributed by atoms with Crippen LogP contribution in [0.4, 0.5) is 13.2 Å². The van der Waals surface area contributed by atoms with Gasteiger partial charge in [-0.1, -0.05) is 42.1 Å². The Labute approximate surface area is 198 Å². The normalized spacial score (nSPS) is 15.8. The van der Waals surface area contributed by atoms with Gasteiger partial charge in [0.05, 0.1) is 10.9 Å². The van der Waals surface area contributed by atoms with Crippen molar-refractivity contribution in [3.8, 4) is 11.4 Å². The zero-order valence-electron chi connectivity index (χ0n) is 18.4. The Hall–Kier alpha value is -3.12. The molecule has 2 heterocycles. The first-order valence-electron chi connectivity index (χ1n) is 10.6. The minimum absolute atomic E-state index is 0.00663. The molecular weight excluding hydrogens is 469 g/mol. The van der Waals surface area contributed by atoms with Crippen LogP contribution in [0.1, 0.15) is 12.5 Å². The van der Waals surface area contributed by atoms with Crippen molar-refractivity contribution >= 4 is 17.7 Å². The summed E-state index contributed by atoms with van der Waals surface area (Å²) in [6, 6.07) is 15.4. The van der Waals surface area contributed by atoms with E-state index >= 15 is 0 Å². The highest BCUT2D eigenvalue weighted by Gasteiger charge is 2.31. The maximum atomic E-state index is 13.0. The van der Waals surface area contributed by atoms with Gasteiger partial charge < -0.3 is 9.64 Å². The molecule has 0 bridgehead atoms. The van der Waals surface area contributed by atoms with Gasteiger partial charge >= 0.3 is 6.36 Å². The standard InChI is InChI=1S/C22H23F3N6O2S/c1-16(20(32)30-13-11-29(12-14-30)15-17-5-3-2-4-6-17)34-21-26-27-28-31(21)18-7-9-19(10-8-18)33-22(23,24)25/h2-10,16H,11-15H2,1H3. The number of piperazine rings is 1. The van der Waals surface area contributed by atoms with Crippen molar-refractivity contribution in [3.05, 3.63) is 60.2 Å². The summed E-state index contributed by atoms with van der Waals surface area (Å²) in [7, 11) is 0. The summed E-state index contributed by atoms with van der Waals surface area (Å²) in [5.41, 5.74) is 1.70. The van der Waals surface area contributed by atoms with Crippen molar-refractivity contribution in [2.45, 2.75) is 30.2 Å². The van der Waals surface area contributed by atoms with Gasteiger partial charge in [-0.05, 0) is 47.2 Å². The van der Waals surface area contributed by atoms with Crippen LogP contribution in [-0.4, -0.2) is 73.7 Å². The monoisotopic (exact) mass is 492 g/mol. The summed E-state index contributed by atoms with van der Waals surface area (Å²) >= 11 is 1.20. The average molecular weight is 493 g/mol. The Kier molecular flexibility index (Phi) is 7.37. The molecular formula is C22H23F3N6O2S. The number of halogens is 3. The van der Waals surface area contributed by atoms with Crippen molar-refractivity contribution in [2.24, 2.45) is 0 Å². The molecule has 1 aliphatic rings. The minimum atomic E-state index is -4.76. The second-order valence-electron chi connectivity index (χ2n) is 7.76. The fourth-order valence-corrected chi connectivity index (χ4v) is 4.53. The van der Waals surface area contributed by atoms with Crippen LogP contribution in [0.5, 0.6) is 5.75 Å². The molecule has 0 aliphatic carbocycles. The Bertz CT molecular complexity index is 1090. The van der Waals surface area contributed by atoms with Crippen LogP contribution in [0.25, 0.3) is 5.69 Å². The molecule has 0 N–H and O–H groups in total. The molecule has 2 aromatic carbocycles. The highest BCUT2D eigenvalue weighted by molar-refractivity contribution is 8.00. The summed E-state index contributed by atoms with van der Waals surface area (Å²) in [5, 5.41) is 11.5. The minimum Gasteiger partial charge on any atom is -0.406 e. The van der Waals surface area contributed by atoms with Gasteiger partial charge in [0.15, 0.2) is 0 Å². The number of carbonyl (C=O) groups excluding carboxylic acids is 1. The van der Waals surface area contributed by atoms with Crippen LogP contribution < -0.4 is 4.74 Å². The Morgan fingerprint density at radius 3 is 2.38 bits per heavy atom. The molecule has 180 valence electrons. The number of ether oxygens (including phenoxy) is 1. The van der Waals surface area contributed by atoms with E-state index in [9.17, 15) is 18.0 Å². The second-order valence-corrected chi connectivity index (χ2v) is 9.07. The van der Waals surface area contributed by atoms with Gasteiger partial charge in [0.1, 0.15) is 5.75 Å². The van der Waals surface area contributed by atoms with Gasteiger partial charge in [-0.15, -0.1) is 18.3 Å². The number of alkyl halides is 3. The smallest absolute Gasteiger partial charge is 0.406 e. The molecule has 34 heavy (non-hydrogen) atoms. The van der Waals surface area contributed by atoms with E-state index in [0.29, 0.717) is 23.9 Å². The van der Waals surface area contributed by atoms with Crippen LogP contribution in [0.15, 0.2) is 59.8 Å². The molecule has 1 atom stereocenters. The number of tetrazole rings is 1. The predicted molar refractivity (Wildman–Crippen MR) is 119 cm³/mol. The fourth-order valence-electron chi connectivity index (χ4n) is 3.64. The van der Waals surface area contributed by atoms with E-state index in [-0.39, 0.29) is 11.7 Å². The maximum absolute atomic E-state index is 13.0. The van der Waals surface area contributed by atoms with Crippen LogP contribution in [0.3, 0.4) is 0 Å². The first-order chi connectivity index (χ1) is 16.3. The lowest BCUT2D eigenvalue weighted by molar-refractivity contribution is -0.274. The molecule has 1 amide bonds. The topological polar surface area (TPSA) is 76.4 Å². The van der Waals surface area contributed by atoms with Crippen molar-refractivity contribution in [1.82, 2.24) is 30.0 Å². The lowest BCUT2D eigenvalue weighted by atomic mass is 10.2. The third kappa shape index (κ3) is 6.26. The Morgan fingerprint density at radius 1 is 1.06 bits per heavy atom. The summed E-state index contributed by atoms with van der Waals surface area (Å²) in [6.07, 6.45) is -4.76. The molecule has 1 aromatic heterocycles. The highest BCUT2D eigenvalue weighted by Crippen LogP contribution is 2.27. The Balaban J connectivity index is 1.33. The summed E-state index contributed by atoms with van der Waals surface area (Å²) in [6.45, 7) is 5.52. The molecule has 3 aromatic rings. The van der Waals surface area contributed by atoms with E-state index in [0.717, 1.165) is 19.6 Å². The van der Waals surface area contributed by atoms with E-state index in [1.165, 1.54) is 46.3 Å². The summed E-state index contributed by atoms with van der Waals surface area (Å²) < 4.78 is 42.4. The second kappa shape index (κ2) is 10.4. The highest BCUT2D eigenvalue weighted by atomic mass is 32.2. The fraction of sp³-hybridized carbons (Fsp3) is 0.364. The van der Waals surface area contributed by atoms with Crippen molar-refractivity contribution < 1.29 is 22.7 Å². The third-order valence-corrected chi connectivity index (χ3v) is 6.34. The van der Waals surface area contributed by atoms with Gasteiger partial charge in [-0.2, -0.15) is 4.68 Å². The SMILES string of the molecule is CC(Sc1nnnn1-c1ccc(OC(F)(F)F)cc1)C(=O)N1CCN(Cc2ccccc2)CC1. The lowest BCUT2D eigenvalue weighted by Gasteiger charge is -2.35. The number of thioether (sulfide) groups is 1. The molecule has 1 saturated heterocycles. The van der Waals surface area contributed by atoms with Crippen molar-refractivity contribution in [3.63, 3.8) is 0 Å². The van der Waals surface area contributed by atoms with Crippen molar-refractivity contribution in [1.29, 1.82) is 0 Å². The molecule has 0 radical (unpaired) electrons. The molecule has 12 heteroatoms. The largest absolute Gasteiger partial charge is 0.573 e. The number of rotatable bonds is 7. The summed E-state index contributed by atoms with van der Waals surface area (Å²) in [4.78, 5) is 17.2. The van der Waals surface area contributed by atoms with Gasteiger partial charge in [0, 0.05) is 32.7 Å². The molecule has 1 aliphatic heterocycles. The average Bonchev–Trinajstić information content (AvgIpc) is 3.27. The molecule has 4 rings (SSSR count). The van der Waals surface area contributed by atoms with Crippen LogP contribution >= 0.6 is 11.8 Å². The van der Waals surface area contributed by atoms with Gasteiger partial charge in [-0.3, -0.25) is 9.69 Å². The molecule has 1 unspecified atom stereocenters. The van der Waals surface area contributed by atoms with Gasteiger partial charge in [0.25, 0.3) is 0 Å². The van der Waals surface area contributed by atoms with Crippen LogP contribution in [-0.2, 0) is 11.3 Å². The molecule has 8 nitrogen and oxygen atoms in total. The van der Waals surface area contributed by atoms with Gasteiger partial charge in [-0.25, -0.2) is 0 Å². The number of aromatic nitrogens is 4. The van der Waals surface area contributed by atoms with Crippen molar-refractivity contribution in [2.75, 3.05) is 26.2 Å². The molecule has 0 spiro atoms. The van der Waals surface area contributed by atoms with E-state index in [1.54, 1.807) is 6.92 Å². The van der Waals surface area contributed by atoms with Crippen LogP contribution in [0, 0.1) is 0 Å². The predicted octanol–water partition coefficient (Wildman–Crippen LogP) is 3.39. The Morgan fingerprint density at radius 2 is 1.74 bits per heavy atom. The summed E-state index contributed by atoms with van der Waals surface area (Å²) in [5.74, 6) is -0.346. The number of carbonyl (C=O) groups is 1. The third-order valence-electron chi connectivity index (χ3n) is 5.32. The lowest BCUT2D eigenvalue weighted by Crippen LogP contribution is -2.50. The first-order valence-corrected chi connectivity index (χ1v) is 11.5. The quantitative estimate of drug-likeness (QED) is 0.468. The number of hydrogen-bond acceptors (Lipinski definition) is 7. The van der Waals surface area contributed by atoms with Crippen LogP contribution in [0.2, 0.25) is 0 Å². The first kappa shape index (κ1) is 24.0. The number of benzene rings is 2. The van der Waals surface area contributed by atoms with E-state index in [4.69, 9.17) is 0 Å².